The molecule has 88 valence electrons. The second kappa shape index (κ2) is 4.65. The Morgan fingerprint density at radius 3 is 3.19 bits per heavy atom. The molecule has 16 heavy (non-hydrogen) atoms. The van der Waals surface area contributed by atoms with Gasteiger partial charge in [0.1, 0.15) is 0 Å². The van der Waals surface area contributed by atoms with E-state index in [1.165, 1.54) is 25.3 Å². The Labute approximate surface area is 93.8 Å². The molecule has 0 spiro atoms. The van der Waals surface area contributed by atoms with Gasteiger partial charge < -0.3 is 14.9 Å². The Morgan fingerprint density at radius 2 is 2.56 bits per heavy atom. The third kappa shape index (κ3) is 2.61. The monoisotopic (exact) mass is 224 g/mol. The van der Waals surface area contributed by atoms with Crippen molar-refractivity contribution in [2.45, 2.75) is 38.8 Å². The third-order valence-corrected chi connectivity index (χ3v) is 2.90. The van der Waals surface area contributed by atoms with Crippen molar-refractivity contribution in [3.8, 4) is 0 Å². The molecule has 1 aromatic rings. The minimum absolute atomic E-state index is 0.0299. The van der Waals surface area contributed by atoms with Crippen molar-refractivity contribution < 1.29 is 14.4 Å². The van der Waals surface area contributed by atoms with Crippen molar-refractivity contribution in [1.82, 2.24) is 10.5 Å². The minimum Gasteiger partial charge on any atom is -0.476 e. The third-order valence-electron chi connectivity index (χ3n) is 2.90. The molecule has 1 heterocycles. The Morgan fingerprint density at radius 1 is 1.75 bits per heavy atom. The average Bonchev–Trinajstić information content (AvgIpc) is 2.80. The smallest absolute Gasteiger partial charge is 0.358 e. The Hall–Kier alpha value is -1.36. The molecule has 0 aliphatic heterocycles. The van der Waals surface area contributed by atoms with Crippen molar-refractivity contribution >= 4 is 5.97 Å². The van der Waals surface area contributed by atoms with Crippen LogP contribution in [0.15, 0.2) is 10.6 Å². The van der Waals surface area contributed by atoms with E-state index < -0.39 is 5.97 Å². The average molecular weight is 224 g/mol. The van der Waals surface area contributed by atoms with Gasteiger partial charge in [-0.3, -0.25) is 0 Å². The number of carboxylic acids is 1. The van der Waals surface area contributed by atoms with E-state index in [2.05, 4.69) is 17.4 Å². The van der Waals surface area contributed by atoms with Crippen LogP contribution >= 0.6 is 0 Å². The lowest BCUT2D eigenvalue weighted by atomic mass is 10.2. The van der Waals surface area contributed by atoms with Gasteiger partial charge in [0.15, 0.2) is 11.5 Å². The molecule has 0 saturated heterocycles. The SMILES string of the molecule is CCCC1CC1NCc1cc(C(=O)O)no1. The molecule has 0 bridgehead atoms. The van der Waals surface area contributed by atoms with E-state index in [9.17, 15) is 4.79 Å². The topological polar surface area (TPSA) is 75.4 Å². The molecule has 2 rings (SSSR count). The van der Waals surface area contributed by atoms with Crippen LogP contribution in [0.4, 0.5) is 0 Å². The van der Waals surface area contributed by atoms with E-state index >= 15 is 0 Å². The summed E-state index contributed by atoms with van der Waals surface area (Å²) in [5.41, 5.74) is -0.0299. The van der Waals surface area contributed by atoms with Gasteiger partial charge in [-0.15, -0.1) is 0 Å². The van der Waals surface area contributed by atoms with Gasteiger partial charge in [-0.1, -0.05) is 18.5 Å². The predicted octanol–water partition coefficient (Wildman–Crippen LogP) is 1.65. The molecule has 0 amide bonds. The van der Waals surface area contributed by atoms with Gasteiger partial charge in [-0.2, -0.15) is 0 Å². The number of rotatable bonds is 6. The Balaban J connectivity index is 1.76. The van der Waals surface area contributed by atoms with Crippen molar-refractivity contribution in [2.24, 2.45) is 5.92 Å². The van der Waals surface area contributed by atoms with Crippen LogP contribution in [-0.4, -0.2) is 22.3 Å². The molecule has 5 heteroatoms. The van der Waals surface area contributed by atoms with Crippen LogP contribution in [0.3, 0.4) is 0 Å². The van der Waals surface area contributed by atoms with Gasteiger partial charge in [-0.05, 0) is 18.8 Å². The summed E-state index contributed by atoms with van der Waals surface area (Å²) in [5.74, 6) is 0.316. The molecule has 1 aromatic heterocycles. The number of hydrogen-bond donors (Lipinski definition) is 2. The summed E-state index contributed by atoms with van der Waals surface area (Å²) in [6, 6.07) is 2.03. The highest BCUT2D eigenvalue weighted by Crippen LogP contribution is 2.34. The first-order valence-corrected chi connectivity index (χ1v) is 5.63. The normalized spacial score (nSPS) is 23.3. The van der Waals surface area contributed by atoms with Gasteiger partial charge in [0.05, 0.1) is 6.54 Å². The first kappa shape index (κ1) is 11.1. The number of carboxylic acid groups (broad SMARTS) is 1. The summed E-state index contributed by atoms with van der Waals surface area (Å²) in [5, 5.41) is 15.4. The number of aromatic carboxylic acids is 1. The van der Waals surface area contributed by atoms with Gasteiger partial charge in [0, 0.05) is 12.1 Å². The van der Waals surface area contributed by atoms with Crippen LogP contribution in [0.25, 0.3) is 0 Å². The molecule has 2 N–H and O–H groups in total. The lowest BCUT2D eigenvalue weighted by Gasteiger charge is -1.99. The molecular formula is C11H16N2O3. The van der Waals surface area contributed by atoms with Crippen molar-refractivity contribution in [2.75, 3.05) is 0 Å². The minimum atomic E-state index is -1.05. The van der Waals surface area contributed by atoms with Gasteiger partial charge in [-0.25, -0.2) is 4.79 Å². The molecule has 0 aromatic carbocycles. The molecule has 5 nitrogen and oxygen atoms in total. The highest BCUT2D eigenvalue weighted by atomic mass is 16.5. The second-order valence-electron chi connectivity index (χ2n) is 4.26. The maximum atomic E-state index is 10.6. The molecule has 0 radical (unpaired) electrons. The van der Waals surface area contributed by atoms with E-state index in [1.807, 2.05) is 0 Å². The van der Waals surface area contributed by atoms with E-state index in [-0.39, 0.29) is 5.69 Å². The fourth-order valence-electron chi connectivity index (χ4n) is 1.92. The zero-order chi connectivity index (χ0) is 11.5. The summed E-state index contributed by atoms with van der Waals surface area (Å²) >= 11 is 0. The lowest BCUT2D eigenvalue weighted by molar-refractivity contribution is 0.0685. The quantitative estimate of drug-likeness (QED) is 0.768. The van der Waals surface area contributed by atoms with Crippen LogP contribution in [0.2, 0.25) is 0 Å². The van der Waals surface area contributed by atoms with Crippen LogP contribution in [0, 0.1) is 5.92 Å². The number of nitrogens with zero attached hydrogens (tertiary/aromatic N) is 1. The van der Waals surface area contributed by atoms with Gasteiger partial charge in [0.25, 0.3) is 0 Å². The molecule has 2 unspecified atom stereocenters. The summed E-state index contributed by atoms with van der Waals surface area (Å²) in [4.78, 5) is 10.6. The van der Waals surface area contributed by atoms with Crippen LogP contribution < -0.4 is 5.32 Å². The van der Waals surface area contributed by atoms with Gasteiger partial charge in [0.2, 0.25) is 0 Å². The van der Waals surface area contributed by atoms with Crippen molar-refractivity contribution in [3.05, 3.63) is 17.5 Å². The van der Waals surface area contributed by atoms with Crippen LogP contribution in [0.1, 0.15) is 42.4 Å². The fourth-order valence-corrected chi connectivity index (χ4v) is 1.92. The lowest BCUT2D eigenvalue weighted by Crippen LogP contribution is -2.17. The van der Waals surface area contributed by atoms with E-state index in [0.717, 1.165) is 5.92 Å². The molecule has 1 aliphatic carbocycles. The van der Waals surface area contributed by atoms with E-state index in [4.69, 9.17) is 9.63 Å². The molecule has 2 atom stereocenters. The van der Waals surface area contributed by atoms with Crippen molar-refractivity contribution in [3.63, 3.8) is 0 Å². The summed E-state index contributed by atoms with van der Waals surface area (Å²) in [6.45, 7) is 2.75. The highest BCUT2D eigenvalue weighted by molar-refractivity contribution is 5.85. The number of nitrogens with one attached hydrogen (secondary N) is 1. The van der Waals surface area contributed by atoms with Gasteiger partial charge >= 0.3 is 5.97 Å². The van der Waals surface area contributed by atoms with Crippen molar-refractivity contribution in [1.29, 1.82) is 0 Å². The standard InChI is InChI=1S/C11H16N2O3/c1-2-3-7-4-9(7)12-6-8-5-10(11(14)15)13-16-8/h5,7,9,12H,2-4,6H2,1H3,(H,14,15). The van der Waals surface area contributed by atoms with E-state index in [0.29, 0.717) is 18.3 Å². The molecule has 1 fully saturated rings. The number of carbonyl (C=O) groups is 1. The highest BCUT2D eigenvalue weighted by Gasteiger charge is 2.35. The molecule has 1 saturated carbocycles. The fraction of sp³-hybridized carbons (Fsp3) is 0.636. The number of hydrogen-bond acceptors (Lipinski definition) is 4. The summed E-state index contributed by atoms with van der Waals surface area (Å²) in [6.07, 6.45) is 3.69. The predicted molar refractivity (Wildman–Crippen MR) is 57.1 cm³/mol. The summed E-state index contributed by atoms with van der Waals surface area (Å²) in [7, 11) is 0. The van der Waals surface area contributed by atoms with E-state index in [1.54, 1.807) is 0 Å². The Bertz CT molecular complexity index is 375. The van der Waals surface area contributed by atoms with Crippen LogP contribution in [-0.2, 0) is 6.54 Å². The number of aromatic nitrogens is 1. The first-order valence-electron chi connectivity index (χ1n) is 5.63. The Kier molecular flexibility index (Phi) is 3.24. The largest absolute Gasteiger partial charge is 0.476 e. The van der Waals surface area contributed by atoms with Crippen LogP contribution in [0.5, 0.6) is 0 Å². The maximum Gasteiger partial charge on any atom is 0.358 e. The summed E-state index contributed by atoms with van der Waals surface area (Å²) < 4.78 is 4.91. The first-order chi connectivity index (χ1) is 7.70. The zero-order valence-electron chi connectivity index (χ0n) is 9.27. The zero-order valence-corrected chi connectivity index (χ0v) is 9.27. The second-order valence-corrected chi connectivity index (χ2v) is 4.26. The molecule has 1 aliphatic rings. The maximum absolute atomic E-state index is 10.6. The molecular weight excluding hydrogens is 208 g/mol.